The van der Waals surface area contributed by atoms with E-state index in [2.05, 4.69) is 32.2 Å². The summed E-state index contributed by atoms with van der Waals surface area (Å²) in [4.78, 5) is 6.65. The zero-order valence-electron chi connectivity index (χ0n) is 13.9. The molecule has 1 atom stereocenters. The molecule has 0 radical (unpaired) electrons. The minimum Gasteiger partial charge on any atom is -0.376 e. The number of rotatable bonds is 6. The van der Waals surface area contributed by atoms with E-state index >= 15 is 0 Å². The van der Waals surface area contributed by atoms with E-state index in [0.717, 1.165) is 42.0 Å². The Labute approximate surface area is 151 Å². The van der Waals surface area contributed by atoms with Gasteiger partial charge in [0.1, 0.15) is 5.69 Å². The number of ether oxygens (including phenoxy) is 1. The highest BCUT2D eigenvalue weighted by Gasteiger charge is 2.25. The summed E-state index contributed by atoms with van der Waals surface area (Å²) >= 11 is 1.61. The van der Waals surface area contributed by atoms with Gasteiger partial charge in [0.25, 0.3) is 0 Å². The molecular weight excluding hydrogens is 332 g/mol. The number of pyridine rings is 1. The molecule has 6 heteroatoms. The van der Waals surface area contributed by atoms with Crippen LogP contribution in [-0.2, 0) is 11.3 Å². The molecule has 0 aliphatic carbocycles. The fraction of sp³-hybridized carbons (Fsp3) is 0.316. The molecule has 3 heterocycles. The van der Waals surface area contributed by atoms with Gasteiger partial charge in [0.2, 0.25) is 5.13 Å². The standard InChI is InChI=1S/C19H20N4OS/c1-2-6-15(7-3-1)13-24-14-16-9-11-23(12-16)19-22-21-18(25-19)17-8-4-5-10-20-17/h1-8,10,16H,9,11-14H2. The normalized spacial score (nSPS) is 17.1. The molecule has 0 saturated carbocycles. The lowest BCUT2D eigenvalue weighted by Crippen LogP contribution is -2.21. The van der Waals surface area contributed by atoms with Crippen LogP contribution < -0.4 is 4.90 Å². The summed E-state index contributed by atoms with van der Waals surface area (Å²) < 4.78 is 5.89. The van der Waals surface area contributed by atoms with Gasteiger partial charge in [-0.25, -0.2) is 0 Å². The van der Waals surface area contributed by atoms with Crippen molar-refractivity contribution < 1.29 is 4.74 Å². The van der Waals surface area contributed by atoms with Crippen molar-refractivity contribution in [1.82, 2.24) is 15.2 Å². The van der Waals surface area contributed by atoms with Gasteiger partial charge in [0.05, 0.1) is 13.2 Å². The molecule has 1 aliphatic rings. The molecule has 1 fully saturated rings. The average molecular weight is 352 g/mol. The Bertz CT molecular complexity index is 793. The van der Waals surface area contributed by atoms with Gasteiger partial charge in [-0.15, -0.1) is 10.2 Å². The first-order valence-electron chi connectivity index (χ1n) is 8.50. The summed E-state index contributed by atoms with van der Waals surface area (Å²) in [5.41, 5.74) is 2.11. The molecule has 0 bridgehead atoms. The van der Waals surface area contributed by atoms with Gasteiger partial charge in [-0.2, -0.15) is 0 Å². The van der Waals surface area contributed by atoms with Crippen LogP contribution in [0.5, 0.6) is 0 Å². The van der Waals surface area contributed by atoms with Crippen molar-refractivity contribution in [2.75, 3.05) is 24.6 Å². The Balaban J connectivity index is 1.30. The lowest BCUT2D eigenvalue weighted by molar-refractivity contribution is 0.0929. The van der Waals surface area contributed by atoms with Gasteiger partial charge in [-0.05, 0) is 24.1 Å². The first-order chi connectivity index (χ1) is 12.4. The van der Waals surface area contributed by atoms with Crippen molar-refractivity contribution in [3.8, 4) is 10.7 Å². The summed E-state index contributed by atoms with van der Waals surface area (Å²) in [6.45, 7) is 3.46. The van der Waals surface area contributed by atoms with E-state index in [4.69, 9.17) is 4.74 Å². The molecule has 1 unspecified atom stereocenters. The molecule has 0 N–H and O–H groups in total. The largest absolute Gasteiger partial charge is 0.376 e. The van der Waals surface area contributed by atoms with Crippen LogP contribution in [-0.4, -0.2) is 34.9 Å². The van der Waals surface area contributed by atoms with Crippen LogP contribution in [0.1, 0.15) is 12.0 Å². The van der Waals surface area contributed by atoms with E-state index in [0.29, 0.717) is 12.5 Å². The SMILES string of the molecule is c1ccc(COCC2CCN(c3nnc(-c4ccccn4)s3)C2)cc1. The van der Waals surface area contributed by atoms with Crippen molar-refractivity contribution in [2.45, 2.75) is 13.0 Å². The van der Waals surface area contributed by atoms with Crippen LogP contribution >= 0.6 is 11.3 Å². The molecule has 5 nitrogen and oxygen atoms in total. The summed E-state index contributed by atoms with van der Waals surface area (Å²) in [6.07, 6.45) is 2.92. The first-order valence-corrected chi connectivity index (χ1v) is 9.31. The fourth-order valence-corrected chi connectivity index (χ4v) is 3.85. The highest BCUT2D eigenvalue weighted by atomic mass is 32.1. The van der Waals surface area contributed by atoms with Gasteiger partial charge in [-0.3, -0.25) is 4.98 Å². The third-order valence-corrected chi connectivity index (χ3v) is 5.33. The van der Waals surface area contributed by atoms with Crippen molar-refractivity contribution >= 4 is 16.5 Å². The molecule has 2 aromatic heterocycles. The summed E-state index contributed by atoms with van der Waals surface area (Å²) in [7, 11) is 0. The molecule has 25 heavy (non-hydrogen) atoms. The van der Waals surface area contributed by atoms with E-state index in [9.17, 15) is 0 Å². The summed E-state index contributed by atoms with van der Waals surface area (Å²) in [5, 5.41) is 10.5. The first kappa shape index (κ1) is 16.2. The molecule has 1 aliphatic heterocycles. The smallest absolute Gasteiger partial charge is 0.208 e. The Morgan fingerprint density at radius 1 is 1.08 bits per heavy atom. The molecule has 3 aromatic rings. The predicted octanol–water partition coefficient (Wildman–Crippen LogP) is 3.64. The molecule has 1 aromatic carbocycles. The predicted molar refractivity (Wildman–Crippen MR) is 99.6 cm³/mol. The Hall–Kier alpha value is -2.31. The molecule has 0 spiro atoms. The molecule has 4 rings (SSSR count). The number of hydrogen-bond donors (Lipinski definition) is 0. The van der Waals surface area contributed by atoms with Gasteiger partial charge in [0, 0.05) is 25.2 Å². The second kappa shape index (κ2) is 7.72. The Kier molecular flexibility index (Phi) is 4.99. The minimum atomic E-state index is 0.547. The van der Waals surface area contributed by atoms with Crippen molar-refractivity contribution in [2.24, 2.45) is 5.92 Å². The number of nitrogens with zero attached hydrogens (tertiary/aromatic N) is 4. The molecule has 128 valence electrons. The minimum absolute atomic E-state index is 0.547. The van der Waals surface area contributed by atoms with Crippen LogP contribution in [0.4, 0.5) is 5.13 Å². The van der Waals surface area contributed by atoms with Crippen LogP contribution in [0.25, 0.3) is 10.7 Å². The Morgan fingerprint density at radius 2 is 1.96 bits per heavy atom. The van der Waals surface area contributed by atoms with Gasteiger partial charge < -0.3 is 9.64 Å². The van der Waals surface area contributed by atoms with E-state index in [1.807, 2.05) is 36.4 Å². The maximum Gasteiger partial charge on any atom is 0.208 e. The highest BCUT2D eigenvalue weighted by Crippen LogP contribution is 2.30. The lowest BCUT2D eigenvalue weighted by atomic mass is 10.1. The molecular formula is C19H20N4OS. The summed E-state index contributed by atoms with van der Waals surface area (Å²) in [5.74, 6) is 0.547. The third kappa shape index (κ3) is 4.03. The third-order valence-electron chi connectivity index (χ3n) is 4.32. The van der Waals surface area contributed by atoms with Crippen LogP contribution in [0.3, 0.4) is 0 Å². The average Bonchev–Trinajstić information content (AvgIpc) is 3.33. The van der Waals surface area contributed by atoms with Gasteiger partial charge >= 0.3 is 0 Å². The quantitative estimate of drug-likeness (QED) is 0.678. The monoisotopic (exact) mass is 352 g/mol. The Morgan fingerprint density at radius 3 is 2.80 bits per heavy atom. The van der Waals surface area contributed by atoms with E-state index in [1.165, 1.54) is 5.56 Å². The lowest BCUT2D eigenvalue weighted by Gasteiger charge is -2.14. The molecule has 0 amide bonds. The number of anilines is 1. The van der Waals surface area contributed by atoms with Crippen LogP contribution in [0.15, 0.2) is 54.7 Å². The molecule has 1 saturated heterocycles. The second-order valence-electron chi connectivity index (χ2n) is 6.21. The van der Waals surface area contributed by atoms with Crippen molar-refractivity contribution in [1.29, 1.82) is 0 Å². The van der Waals surface area contributed by atoms with Gasteiger partial charge in [-0.1, -0.05) is 47.7 Å². The van der Waals surface area contributed by atoms with E-state index in [1.54, 1.807) is 17.5 Å². The number of benzene rings is 1. The maximum absolute atomic E-state index is 5.89. The number of hydrogen-bond acceptors (Lipinski definition) is 6. The van der Waals surface area contributed by atoms with E-state index < -0.39 is 0 Å². The topological polar surface area (TPSA) is 51.1 Å². The van der Waals surface area contributed by atoms with Crippen LogP contribution in [0.2, 0.25) is 0 Å². The highest BCUT2D eigenvalue weighted by molar-refractivity contribution is 7.18. The van der Waals surface area contributed by atoms with E-state index in [-0.39, 0.29) is 0 Å². The maximum atomic E-state index is 5.89. The fourth-order valence-electron chi connectivity index (χ4n) is 3.00. The van der Waals surface area contributed by atoms with Crippen molar-refractivity contribution in [3.63, 3.8) is 0 Å². The summed E-state index contributed by atoms with van der Waals surface area (Å²) in [6, 6.07) is 16.2. The number of aromatic nitrogens is 3. The van der Waals surface area contributed by atoms with Crippen molar-refractivity contribution in [3.05, 3.63) is 60.3 Å². The zero-order valence-corrected chi connectivity index (χ0v) is 14.7. The van der Waals surface area contributed by atoms with Gasteiger partial charge in [0.15, 0.2) is 5.01 Å². The van der Waals surface area contributed by atoms with Crippen LogP contribution in [0, 0.1) is 5.92 Å². The second-order valence-corrected chi connectivity index (χ2v) is 7.16. The zero-order chi connectivity index (χ0) is 16.9.